The minimum Gasteiger partial charge on any atom is -0.382 e. The molecular weight excluding hydrogens is 231 g/mol. The standard InChI is InChI=1S/C15H19FO2/c1-10-3-5-15(18,6-4-10)14(17)12-7-11(2)8-13(16)9-12/h7-10,18H,3-6H2,1-2H3. The molecule has 1 aliphatic rings. The zero-order chi connectivity index (χ0) is 13.3. The van der Waals surface area contributed by atoms with Crippen LogP contribution in [0.15, 0.2) is 18.2 Å². The SMILES string of the molecule is Cc1cc(F)cc(C(=O)C2(O)CCC(C)CC2)c1. The molecule has 0 saturated heterocycles. The molecule has 0 amide bonds. The van der Waals surface area contributed by atoms with Gasteiger partial charge in [-0.2, -0.15) is 0 Å². The maximum Gasteiger partial charge on any atom is 0.194 e. The summed E-state index contributed by atoms with van der Waals surface area (Å²) in [5, 5.41) is 10.4. The van der Waals surface area contributed by atoms with Crippen LogP contribution < -0.4 is 0 Å². The van der Waals surface area contributed by atoms with Crippen molar-refractivity contribution in [3.63, 3.8) is 0 Å². The van der Waals surface area contributed by atoms with E-state index in [1.165, 1.54) is 12.1 Å². The molecule has 1 aromatic rings. The van der Waals surface area contributed by atoms with Crippen molar-refractivity contribution < 1.29 is 14.3 Å². The summed E-state index contributed by atoms with van der Waals surface area (Å²) in [6.45, 7) is 3.86. The van der Waals surface area contributed by atoms with E-state index in [4.69, 9.17) is 0 Å². The van der Waals surface area contributed by atoms with Crippen LogP contribution >= 0.6 is 0 Å². The van der Waals surface area contributed by atoms with Gasteiger partial charge in [0.15, 0.2) is 5.78 Å². The second kappa shape index (κ2) is 4.81. The van der Waals surface area contributed by atoms with Crippen LogP contribution in [0.2, 0.25) is 0 Å². The summed E-state index contributed by atoms with van der Waals surface area (Å²) >= 11 is 0. The Balaban J connectivity index is 2.25. The first-order chi connectivity index (χ1) is 8.40. The fourth-order valence-corrected chi connectivity index (χ4v) is 2.60. The number of ketones is 1. The molecule has 0 aliphatic heterocycles. The van der Waals surface area contributed by atoms with Gasteiger partial charge < -0.3 is 5.11 Å². The van der Waals surface area contributed by atoms with Gasteiger partial charge >= 0.3 is 0 Å². The van der Waals surface area contributed by atoms with Crippen LogP contribution in [0.1, 0.15) is 48.5 Å². The lowest BCUT2D eigenvalue weighted by molar-refractivity contribution is 0.00423. The lowest BCUT2D eigenvalue weighted by atomic mass is 9.75. The summed E-state index contributed by atoms with van der Waals surface area (Å²) in [5.41, 5.74) is -0.317. The first-order valence-electron chi connectivity index (χ1n) is 6.45. The molecule has 0 radical (unpaired) electrons. The van der Waals surface area contributed by atoms with Gasteiger partial charge in [-0.1, -0.05) is 6.92 Å². The van der Waals surface area contributed by atoms with Crippen LogP contribution in [-0.4, -0.2) is 16.5 Å². The molecule has 1 aliphatic carbocycles. The quantitative estimate of drug-likeness (QED) is 0.818. The Labute approximate surface area is 107 Å². The Hall–Kier alpha value is -1.22. The molecule has 0 atom stereocenters. The minimum absolute atomic E-state index is 0.282. The van der Waals surface area contributed by atoms with E-state index in [2.05, 4.69) is 6.92 Å². The van der Waals surface area contributed by atoms with Crippen LogP contribution in [-0.2, 0) is 0 Å². The van der Waals surface area contributed by atoms with Crippen LogP contribution in [0.4, 0.5) is 4.39 Å². The number of aryl methyl sites for hydroxylation is 1. The third-order valence-electron chi connectivity index (χ3n) is 3.83. The van der Waals surface area contributed by atoms with E-state index >= 15 is 0 Å². The van der Waals surface area contributed by atoms with E-state index in [9.17, 15) is 14.3 Å². The molecular formula is C15H19FO2. The lowest BCUT2D eigenvalue weighted by Gasteiger charge is -2.33. The van der Waals surface area contributed by atoms with E-state index in [1.807, 2.05) is 0 Å². The van der Waals surface area contributed by atoms with Crippen LogP contribution in [0.3, 0.4) is 0 Å². The predicted octanol–water partition coefficient (Wildman–Crippen LogP) is 3.26. The topological polar surface area (TPSA) is 37.3 Å². The first kappa shape index (κ1) is 13.2. The van der Waals surface area contributed by atoms with Gasteiger partial charge in [0.05, 0.1) is 0 Å². The van der Waals surface area contributed by atoms with Gasteiger partial charge in [0.25, 0.3) is 0 Å². The van der Waals surface area contributed by atoms with Crippen molar-refractivity contribution in [1.29, 1.82) is 0 Å². The highest BCUT2D eigenvalue weighted by atomic mass is 19.1. The first-order valence-corrected chi connectivity index (χ1v) is 6.45. The fourth-order valence-electron chi connectivity index (χ4n) is 2.60. The molecule has 1 aromatic carbocycles. The summed E-state index contributed by atoms with van der Waals surface area (Å²) in [6.07, 6.45) is 2.64. The summed E-state index contributed by atoms with van der Waals surface area (Å²) in [6, 6.07) is 4.23. The molecule has 0 aromatic heterocycles. The highest BCUT2D eigenvalue weighted by Gasteiger charge is 2.39. The number of aliphatic hydroxyl groups is 1. The van der Waals surface area contributed by atoms with Gasteiger partial charge in [-0.3, -0.25) is 4.79 Å². The Morgan fingerprint density at radius 3 is 2.50 bits per heavy atom. The molecule has 1 fully saturated rings. The van der Waals surface area contributed by atoms with E-state index in [0.717, 1.165) is 12.8 Å². The minimum atomic E-state index is -1.30. The fraction of sp³-hybridized carbons (Fsp3) is 0.533. The monoisotopic (exact) mass is 250 g/mol. The normalized spacial score (nSPS) is 28.1. The van der Waals surface area contributed by atoms with Gasteiger partial charge in [-0.25, -0.2) is 4.39 Å². The van der Waals surface area contributed by atoms with Crippen LogP contribution in [0.25, 0.3) is 0 Å². The van der Waals surface area contributed by atoms with Crippen molar-refractivity contribution in [3.05, 3.63) is 35.1 Å². The maximum atomic E-state index is 13.3. The van der Waals surface area contributed by atoms with Gasteiger partial charge in [0.1, 0.15) is 11.4 Å². The average Bonchev–Trinajstić information content (AvgIpc) is 2.31. The van der Waals surface area contributed by atoms with Gasteiger partial charge in [0.2, 0.25) is 0 Å². The Bertz CT molecular complexity index is 439. The largest absolute Gasteiger partial charge is 0.382 e. The zero-order valence-corrected chi connectivity index (χ0v) is 10.9. The number of hydrogen-bond donors (Lipinski definition) is 1. The molecule has 0 unspecified atom stereocenters. The molecule has 0 heterocycles. The molecule has 3 heteroatoms. The van der Waals surface area contributed by atoms with Crippen molar-refractivity contribution in [1.82, 2.24) is 0 Å². The molecule has 0 bridgehead atoms. The Morgan fingerprint density at radius 2 is 1.94 bits per heavy atom. The van der Waals surface area contributed by atoms with Crippen LogP contribution in [0, 0.1) is 18.7 Å². The molecule has 18 heavy (non-hydrogen) atoms. The molecule has 98 valence electrons. The summed E-state index contributed by atoms with van der Waals surface area (Å²) in [7, 11) is 0. The van der Waals surface area contributed by atoms with Crippen molar-refractivity contribution in [3.8, 4) is 0 Å². The molecule has 1 saturated carbocycles. The van der Waals surface area contributed by atoms with E-state index < -0.39 is 11.4 Å². The van der Waals surface area contributed by atoms with E-state index in [1.54, 1.807) is 13.0 Å². The number of benzene rings is 1. The van der Waals surface area contributed by atoms with Gasteiger partial charge in [0, 0.05) is 5.56 Å². The smallest absolute Gasteiger partial charge is 0.194 e. The van der Waals surface area contributed by atoms with Crippen molar-refractivity contribution in [2.45, 2.75) is 45.1 Å². The average molecular weight is 250 g/mol. The van der Waals surface area contributed by atoms with E-state index in [-0.39, 0.29) is 11.3 Å². The summed E-state index contributed by atoms with van der Waals surface area (Å²) in [5.74, 6) is -0.213. The molecule has 2 rings (SSSR count). The third kappa shape index (κ3) is 2.61. The highest BCUT2D eigenvalue weighted by molar-refractivity contribution is 6.02. The number of Topliss-reactive ketones (excluding diaryl/α,β-unsaturated/α-hetero) is 1. The van der Waals surface area contributed by atoms with Gasteiger partial charge in [-0.15, -0.1) is 0 Å². The number of rotatable bonds is 2. The molecule has 1 N–H and O–H groups in total. The second-order valence-electron chi connectivity index (χ2n) is 5.56. The molecule has 0 spiro atoms. The third-order valence-corrected chi connectivity index (χ3v) is 3.83. The number of carbonyl (C=O) groups excluding carboxylic acids is 1. The summed E-state index contributed by atoms with van der Waals surface area (Å²) < 4.78 is 13.3. The van der Waals surface area contributed by atoms with E-state index in [0.29, 0.717) is 24.3 Å². The number of halogens is 1. The zero-order valence-electron chi connectivity index (χ0n) is 10.9. The van der Waals surface area contributed by atoms with Crippen LogP contribution in [0.5, 0.6) is 0 Å². The lowest BCUT2D eigenvalue weighted by Crippen LogP contribution is -2.42. The predicted molar refractivity (Wildman–Crippen MR) is 68.0 cm³/mol. The Kier molecular flexibility index (Phi) is 3.53. The highest BCUT2D eigenvalue weighted by Crippen LogP contribution is 2.34. The van der Waals surface area contributed by atoms with Gasteiger partial charge in [-0.05, 0) is 62.3 Å². The van der Waals surface area contributed by atoms with Crippen molar-refractivity contribution in [2.24, 2.45) is 5.92 Å². The maximum absolute atomic E-state index is 13.3. The Morgan fingerprint density at radius 1 is 1.33 bits per heavy atom. The van der Waals surface area contributed by atoms with Crippen molar-refractivity contribution in [2.75, 3.05) is 0 Å². The molecule has 2 nitrogen and oxygen atoms in total. The summed E-state index contributed by atoms with van der Waals surface area (Å²) in [4.78, 5) is 12.3. The second-order valence-corrected chi connectivity index (χ2v) is 5.56. The number of hydrogen-bond acceptors (Lipinski definition) is 2. The van der Waals surface area contributed by atoms with Crippen molar-refractivity contribution >= 4 is 5.78 Å². The number of carbonyl (C=O) groups is 1.